The van der Waals surface area contributed by atoms with E-state index < -0.39 is 5.92 Å². The van der Waals surface area contributed by atoms with Gasteiger partial charge in [-0.3, -0.25) is 9.59 Å². The number of para-hydroxylation sites is 1. The Hall–Kier alpha value is -3.12. The molecule has 0 fully saturated rings. The van der Waals surface area contributed by atoms with E-state index in [-0.39, 0.29) is 18.2 Å². The summed E-state index contributed by atoms with van der Waals surface area (Å²) in [6.07, 6.45) is 0.564. The van der Waals surface area contributed by atoms with Crippen LogP contribution < -0.4 is 10.6 Å². The van der Waals surface area contributed by atoms with Crippen LogP contribution in [0.2, 0.25) is 5.02 Å². The van der Waals surface area contributed by atoms with Crippen LogP contribution in [-0.2, 0) is 16.0 Å². The smallest absolute Gasteiger partial charge is 0.229 e. The number of amides is 2. The highest BCUT2D eigenvalue weighted by Crippen LogP contribution is 2.32. The van der Waals surface area contributed by atoms with Gasteiger partial charge in [-0.15, -0.1) is 0 Å². The van der Waals surface area contributed by atoms with Crippen LogP contribution >= 0.6 is 11.6 Å². The first kappa shape index (κ1) is 19.2. The minimum atomic E-state index is -0.450. The summed E-state index contributed by atoms with van der Waals surface area (Å²) in [6, 6.07) is 15.0. The van der Waals surface area contributed by atoms with Gasteiger partial charge < -0.3 is 10.6 Å². The number of rotatable bonds is 4. The average molecular weight is 409 g/mol. The lowest BCUT2D eigenvalue weighted by Gasteiger charge is -2.23. The van der Waals surface area contributed by atoms with Gasteiger partial charge in [-0.2, -0.15) is 5.10 Å². The van der Waals surface area contributed by atoms with Gasteiger partial charge in [0, 0.05) is 22.7 Å². The molecule has 3 aromatic rings. The normalized spacial score (nSPS) is 15.6. The molecule has 0 spiro atoms. The van der Waals surface area contributed by atoms with Crippen LogP contribution in [0.25, 0.3) is 5.69 Å². The first-order valence-corrected chi connectivity index (χ1v) is 9.81. The summed E-state index contributed by atoms with van der Waals surface area (Å²) in [5.74, 6) is -0.158. The van der Waals surface area contributed by atoms with Crippen molar-refractivity contribution in [2.45, 2.75) is 26.7 Å². The largest absolute Gasteiger partial charge is 0.326 e. The van der Waals surface area contributed by atoms with E-state index in [0.29, 0.717) is 22.9 Å². The molecule has 2 heterocycles. The van der Waals surface area contributed by atoms with Crippen LogP contribution in [0.5, 0.6) is 0 Å². The summed E-state index contributed by atoms with van der Waals surface area (Å²) in [4.78, 5) is 25.3. The van der Waals surface area contributed by atoms with E-state index in [1.807, 2.05) is 44.2 Å². The highest BCUT2D eigenvalue weighted by atomic mass is 35.5. The third-order valence-corrected chi connectivity index (χ3v) is 5.63. The quantitative estimate of drug-likeness (QED) is 0.676. The Labute approximate surface area is 173 Å². The Kier molecular flexibility index (Phi) is 5.11. The molecule has 0 radical (unpaired) electrons. The predicted octanol–water partition coefficient (Wildman–Crippen LogP) is 4.28. The molecule has 148 valence electrons. The lowest BCUT2D eigenvalue weighted by atomic mass is 9.91. The maximum atomic E-state index is 12.7. The number of benzene rings is 2. The molecule has 6 nitrogen and oxygen atoms in total. The summed E-state index contributed by atoms with van der Waals surface area (Å²) >= 11 is 6.11. The second kappa shape index (κ2) is 7.72. The fourth-order valence-electron chi connectivity index (χ4n) is 3.58. The number of nitrogens with one attached hydrogen (secondary N) is 2. The van der Waals surface area contributed by atoms with E-state index in [0.717, 1.165) is 22.5 Å². The van der Waals surface area contributed by atoms with Crippen molar-refractivity contribution in [2.24, 2.45) is 5.92 Å². The minimum absolute atomic E-state index is 0.0905. The zero-order chi connectivity index (χ0) is 20.5. The van der Waals surface area contributed by atoms with Crippen LogP contribution in [-0.4, -0.2) is 21.6 Å². The number of carbonyl (C=O) groups is 2. The lowest BCUT2D eigenvalue weighted by molar-refractivity contribution is -0.125. The van der Waals surface area contributed by atoms with Gasteiger partial charge in [-0.05, 0) is 50.1 Å². The summed E-state index contributed by atoms with van der Waals surface area (Å²) < 4.78 is 1.74. The summed E-state index contributed by atoms with van der Waals surface area (Å²) in [7, 11) is 0. The highest BCUT2D eigenvalue weighted by Gasteiger charge is 2.32. The van der Waals surface area contributed by atoms with Crippen molar-refractivity contribution in [1.82, 2.24) is 9.78 Å². The monoisotopic (exact) mass is 408 g/mol. The lowest BCUT2D eigenvalue weighted by Crippen LogP contribution is -2.33. The molecule has 0 saturated heterocycles. The third kappa shape index (κ3) is 3.76. The molecule has 2 N–H and O–H groups in total. The summed E-state index contributed by atoms with van der Waals surface area (Å²) in [6.45, 7) is 3.76. The van der Waals surface area contributed by atoms with Crippen molar-refractivity contribution < 1.29 is 9.59 Å². The van der Waals surface area contributed by atoms with Gasteiger partial charge in [0.25, 0.3) is 0 Å². The standard InChI is InChI=1S/C22H21ClN4O2/c1-13-18(23)9-6-10-19(13)24-20(28)12-15-11-17-14(2)26-27(21(17)25-22(15)29)16-7-4-3-5-8-16/h3-10,15H,11-12H2,1-2H3,(H,24,28)(H,25,29). The van der Waals surface area contributed by atoms with E-state index in [4.69, 9.17) is 11.6 Å². The second-order valence-electron chi connectivity index (χ2n) is 7.21. The molecule has 1 unspecified atom stereocenters. The molecule has 2 aromatic carbocycles. The van der Waals surface area contributed by atoms with Gasteiger partial charge in [0.15, 0.2) is 0 Å². The van der Waals surface area contributed by atoms with Gasteiger partial charge in [-0.1, -0.05) is 35.9 Å². The predicted molar refractivity (Wildman–Crippen MR) is 114 cm³/mol. The molecule has 2 amide bonds. The van der Waals surface area contributed by atoms with Crippen LogP contribution in [0.1, 0.15) is 23.2 Å². The molecule has 1 aromatic heterocycles. The first-order valence-electron chi connectivity index (χ1n) is 9.44. The van der Waals surface area contributed by atoms with Gasteiger partial charge in [0.2, 0.25) is 11.8 Å². The molecular formula is C22H21ClN4O2. The van der Waals surface area contributed by atoms with Crippen molar-refractivity contribution in [3.63, 3.8) is 0 Å². The molecule has 0 aliphatic carbocycles. The number of aromatic nitrogens is 2. The molecular weight excluding hydrogens is 388 g/mol. The Morgan fingerprint density at radius 1 is 1.21 bits per heavy atom. The van der Waals surface area contributed by atoms with Crippen molar-refractivity contribution >= 4 is 34.9 Å². The molecule has 4 rings (SSSR count). The van der Waals surface area contributed by atoms with E-state index >= 15 is 0 Å². The van der Waals surface area contributed by atoms with Gasteiger partial charge >= 0.3 is 0 Å². The Balaban J connectivity index is 1.52. The number of carbonyl (C=O) groups excluding carboxylic acids is 2. The van der Waals surface area contributed by atoms with Crippen LogP contribution in [0.15, 0.2) is 48.5 Å². The van der Waals surface area contributed by atoms with Gasteiger partial charge in [-0.25, -0.2) is 4.68 Å². The SMILES string of the molecule is Cc1nn(-c2ccccc2)c2c1CC(CC(=O)Nc1cccc(Cl)c1C)C(=O)N2. The summed E-state index contributed by atoms with van der Waals surface area (Å²) in [5, 5.41) is 11.0. The number of halogens is 1. The second-order valence-corrected chi connectivity index (χ2v) is 7.62. The number of nitrogens with zero attached hydrogens (tertiary/aromatic N) is 2. The molecule has 1 aliphatic rings. The molecule has 0 saturated carbocycles. The van der Waals surface area contributed by atoms with Crippen molar-refractivity contribution in [3.8, 4) is 5.69 Å². The van der Waals surface area contributed by atoms with E-state index in [1.54, 1.807) is 22.9 Å². The van der Waals surface area contributed by atoms with Crippen LogP contribution in [0, 0.1) is 19.8 Å². The van der Waals surface area contributed by atoms with Crippen molar-refractivity contribution in [3.05, 3.63) is 70.4 Å². The molecule has 1 aliphatic heterocycles. The zero-order valence-corrected chi connectivity index (χ0v) is 17.0. The summed E-state index contributed by atoms with van der Waals surface area (Å²) in [5.41, 5.74) is 4.15. The van der Waals surface area contributed by atoms with Crippen molar-refractivity contribution in [1.29, 1.82) is 0 Å². The van der Waals surface area contributed by atoms with Gasteiger partial charge in [0.1, 0.15) is 5.82 Å². The fourth-order valence-corrected chi connectivity index (χ4v) is 3.75. The zero-order valence-electron chi connectivity index (χ0n) is 16.2. The van der Waals surface area contributed by atoms with Crippen molar-refractivity contribution in [2.75, 3.05) is 10.6 Å². The third-order valence-electron chi connectivity index (χ3n) is 5.22. The van der Waals surface area contributed by atoms with Crippen LogP contribution in [0.3, 0.4) is 0 Å². The molecule has 0 bridgehead atoms. The van der Waals surface area contributed by atoms with Gasteiger partial charge in [0.05, 0.1) is 17.3 Å². The first-order chi connectivity index (χ1) is 13.9. The van der Waals surface area contributed by atoms with E-state index in [2.05, 4.69) is 15.7 Å². The number of hydrogen-bond acceptors (Lipinski definition) is 3. The maximum Gasteiger partial charge on any atom is 0.229 e. The number of anilines is 2. The highest BCUT2D eigenvalue weighted by molar-refractivity contribution is 6.31. The average Bonchev–Trinajstić information content (AvgIpc) is 3.02. The van der Waals surface area contributed by atoms with E-state index in [1.165, 1.54) is 0 Å². The number of aryl methyl sites for hydroxylation is 1. The number of fused-ring (bicyclic) bond motifs is 1. The van der Waals surface area contributed by atoms with Crippen LogP contribution in [0.4, 0.5) is 11.5 Å². The topological polar surface area (TPSA) is 76.0 Å². The molecule has 7 heteroatoms. The van der Waals surface area contributed by atoms with E-state index in [9.17, 15) is 9.59 Å². The Morgan fingerprint density at radius 3 is 2.72 bits per heavy atom. The Morgan fingerprint density at radius 2 is 1.97 bits per heavy atom. The number of hydrogen-bond donors (Lipinski definition) is 2. The molecule has 1 atom stereocenters. The maximum absolute atomic E-state index is 12.7. The fraction of sp³-hybridized carbons (Fsp3) is 0.227. The Bertz CT molecular complexity index is 1090. The minimum Gasteiger partial charge on any atom is -0.326 e. The molecule has 29 heavy (non-hydrogen) atoms.